The van der Waals surface area contributed by atoms with E-state index in [9.17, 15) is 0 Å². The van der Waals surface area contributed by atoms with Gasteiger partial charge in [0.15, 0.2) is 0 Å². The maximum Gasteiger partial charge on any atom is 0.0726 e. The van der Waals surface area contributed by atoms with Gasteiger partial charge in [0.25, 0.3) is 0 Å². The van der Waals surface area contributed by atoms with Gasteiger partial charge in [-0.1, -0.05) is 74.5 Å². The molecule has 0 saturated heterocycles. The van der Waals surface area contributed by atoms with Gasteiger partial charge in [0.1, 0.15) is 0 Å². The van der Waals surface area contributed by atoms with Gasteiger partial charge in [-0.2, -0.15) is 0 Å². The Morgan fingerprint density at radius 2 is 1.46 bits per heavy atom. The van der Waals surface area contributed by atoms with Gasteiger partial charge in [-0.25, -0.2) is 0 Å². The van der Waals surface area contributed by atoms with Crippen molar-refractivity contribution < 1.29 is 0 Å². The molecule has 0 unspecified atom stereocenters. The molecular weight excluding hydrogens is 444 g/mol. The number of pyridine rings is 1. The summed E-state index contributed by atoms with van der Waals surface area (Å²) in [6, 6.07) is 31.1. The van der Waals surface area contributed by atoms with Crippen LogP contribution in [-0.4, -0.2) is 9.55 Å². The smallest absolute Gasteiger partial charge is 0.0726 e. The average molecular weight is 467 g/mol. The molecule has 166 valence electrons. The van der Waals surface area contributed by atoms with Gasteiger partial charge in [-0.3, -0.25) is 4.98 Å². The van der Waals surface area contributed by atoms with Crippen molar-refractivity contribution in [3.8, 4) is 16.8 Å². The van der Waals surface area contributed by atoms with E-state index in [1.165, 1.54) is 64.2 Å². The minimum Gasteiger partial charge on any atom is -0.308 e. The Labute approximate surface area is 207 Å². The predicted molar refractivity (Wildman–Crippen MR) is 149 cm³/mol. The lowest BCUT2D eigenvalue weighted by atomic mass is 9.80. The zero-order valence-electron chi connectivity index (χ0n) is 19.5. The van der Waals surface area contributed by atoms with Crippen molar-refractivity contribution in [2.45, 2.75) is 19.3 Å². The number of fused-ring (bicyclic) bond motifs is 12. The first kappa shape index (κ1) is 19.4. The molecule has 1 aliphatic carbocycles. The number of benzene rings is 4. The molecular formula is C32H22N2S. The van der Waals surface area contributed by atoms with E-state index in [4.69, 9.17) is 0 Å². The average Bonchev–Trinajstić information content (AvgIpc) is 3.51. The second kappa shape index (κ2) is 6.59. The molecule has 0 bridgehead atoms. The Bertz CT molecular complexity index is 1970. The van der Waals surface area contributed by atoms with Crippen LogP contribution >= 0.6 is 11.3 Å². The zero-order chi connectivity index (χ0) is 23.3. The first-order valence-corrected chi connectivity index (χ1v) is 12.9. The highest BCUT2D eigenvalue weighted by Gasteiger charge is 2.40. The molecule has 0 atom stereocenters. The SMILES string of the molecule is CC1(C)c2ccccc2-c2c1c1c3ccccc3sc1c1c2c2ccccc2n1-c1ccncc1. The summed E-state index contributed by atoms with van der Waals surface area (Å²) in [7, 11) is 0. The highest BCUT2D eigenvalue weighted by Crippen LogP contribution is 2.58. The molecule has 3 heterocycles. The summed E-state index contributed by atoms with van der Waals surface area (Å²) in [5, 5.41) is 5.44. The second-order valence-corrected chi connectivity index (χ2v) is 11.1. The van der Waals surface area contributed by atoms with E-state index in [1.807, 2.05) is 23.7 Å². The van der Waals surface area contributed by atoms with E-state index < -0.39 is 0 Å². The summed E-state index contributed by atoms with van der Waals surface area (Å²) in [5.74, 6) is 0. The van der Waals surface area contributed by atoms with Gasteiger partial charge < -0.3 is 4.57 Å². The van der Waals surface area contributed by atoms with E-state index in [-0.39, 0.29) is 5.41 Å². The number of para-hydroxylation sites is 1. The fourth-order valence-corrected chi connectivity index (χ4v) is 7.71. The normalized spacial score (nSPS) is 14.2. The topological polar surface area (TPSA) is 17.8 Å². The van der Waals surface area contributed by atoms with E-state index in [0.29, 0.717) is 0 Å². The molecule has 7 aromatic rings. The molecule has 35 heavy (non-hydrogen) atoms. The maximum absolute atomic E-state index is 4.31. The second-order valence-electron chi connectivity index (χ2n) is 10.0. The van der Waals surface area contributed by atoms with Crippen LogP contribution in [0.4, 0.5) is 0 Å². The fraction of sp³-hybridized carbons (Fsp3) is 0.0938. The molecule has 8 rings (SSSR count). The first-order valence-electron chi connectivity index (χ1n) is 12.1. The van der Waals surface area contributed by atoms with E-state index in [0.717, 1.165) is 5.69 Å². The van der Waals surface area contributed by atoms with Gasteiger partial charge in [-0.05, 0) is 46.5 Å². The Morgan fingerprint density at radius 3 is 2.31 bits per heavy atom. The molecule has 2 nitrogen and oxygen atoms in total. The summed E-state index contributed by atoms with van der Waals surface area (Å²) in [6.07, 6.45) is 3.79. The van der Waals surface area contributed by atoms with Crippen molar-refractivity contribution in [2.75, 3.05) is 0 Å². The highest BCUT2D eigenvalue weighted by atomic mass is 32.1. The number of hydrogen-bond donors (Lipinski definition) is 0. The van der Waals surface area contributed by atoms with Crippen LogP contribution in [0.2, 0.25) is 0 Å². The third-order valence-corrected chi connectivity index (χ3v) is 9.03. The number of thiophene rings is 1. The lowest BCUT2D eigenvalue weighted by molar-refractivity contribution is 0.667. The molecule has 3 heteroatoms. The van der Waals surface area contributed by atoms with Crippen LogP contribution in [0.3, 0.4) is 0 Å². The van der Waals surface area contributed by atoms with Crippen LogP contribution in [0.15, 0.2) is 97.3 Å². The first-order chi connectivity index (χ1) is 17.2. The van der Waals surface area contributed by atoms with Crippen molar-refractivity contribution in [3.63, 3.8) is 0 Å². The molecule has 0 aliphatic heterocycles. The van der Waals surface area contributed by atoms with Gasteiger partial charge in [0, 0.05) is 49.7 Å². The predicted octanol–water partition coefficient (Wildman–Crippen LogP) is 8.85. The number of nitrogens with zero attached hydrogens (tertiary/aromatic N) is 2. The third-order valence-electron chi connectivity index (χ3n) is 7.85. The lowest BCUT2D eigenvalue weighted by Crippen LogP contribution is -2.15. The molecule has 0 fully saturated rings. The number of rotatable bonds is 1. The van der Waals surface area contributed by atoms with Gasteiger partial charge in [0.05, 0.1) is 15.7 Å². The van der Waals surface area contributed by atoms with Crippen LogP contribution in [0.5, 0.6) is 0 Å². The highest BCUT2D eigenvalue weighted by molar-refractivity contribution is 7.26. The summed E-state index contributed by atoms with van der Waals surface area (Å²) in [6.45, 7) is 4.80. The van der Waals surface area contributed by atoms with Gasteiger partial charge >= 0.3 is 0 Å². The Hall–Kier alpha value is -3.95. The minimum absolute atomic E-state index is 0.0813. The van der Waals surface area contributed by atoms with Gasteiger partial charge in [-0.15, -0.1) is 11.3 Å². The third kappa shape index (κ3) is 2.32. The molecule has 0 saturated carbocycles. The molecule has 3 aromatic heterocycles. The van der Waals surface area contributed by atoms with E-state index >= 15 is 0 Å². The molecule has 1 aliphatic rings. The van der Waals surface area contributed by atoms with E-state index in [2.05, 4.69) is 108 Å². The van der Waals surface area contributed by atoms with Crippen molar-refractivity contribution in [1.82, 2.24) is 9.55 Å². The van der Waals surface area contributed by atoms with Crippen LogP contribution in [0.1, 0.15) is 25.0 Å². The van der Waals surface area contributed by atoms with Crippen LogP contribution in [0.25, 0.3) is 58.8 Å². The van der Waals surface area contributed by atoms with Crippen molar-refractivity contribution in [1.29, 1.82) is 0 Å². The van der Waals surface area contributed by atoms with Gasteiger partial charge in [0.2, 0.25) is 0 Å². The zero-order valence-corrected chi connectivity index (χ0v) is 20.4. The fourth-order valence-electron chi connectivity index (χ4n) is 6.45. The van der Waals surface area contributed by atoms with Crippen LogP contribution in [0, 0.1) is 0 Å². The molecule has 0 radical (unpaired) electrons. The van der Waals surface area contributed by atoms with Crippen molar-refractivity contribution >= 4 is 53.3 Å². The number of hydrogen-bond acceptors (Lipinski definition) is 2. The van der Waals surface area contributed by atoms with Crippen molar-refractivity contribution in [2.24, 2.45) is 0 Å². The summed E-state index contributed by atoms with van der Waals surface area (Å²) in [4.78, 5) is 4.31. The van der Waals surface area contributed by atoms with Crippen LogP contribution < -0.4 is 0 Å². The Balaban J connectivity index is 1.76. The number of aromatic nitrogens is 2. The lowest BCUT2D eigenvalue weighted by Gasteiger charge is -2.23. The van der Waals surface area contributed by atoms with Crippen LogP contribution in [-0.2, 0) is 5.41 Å². The summed E-state index contributed by atoms with van der Waals surface area (Å²) >= 11 is 1.92. The molecule has 0 spiro atoms. The molecule has 0 N–H and O–H groups in total. The summed E-state index contributed by atoms with van der Waals surface area (Å²) < 4.78 is 5.17. The van der Waals surface area contributed by atoms with E-state index in [1.54, 1.807) is 0 Å². The molecule has 0 amide bonds. The quantitative estimate of drug-likeness (QED) is 0.236. The Kier molecular flexibility index (Phi) is 3.64. The molecule has 4 aromatic carbocycles. The monoisotopic (exact) mass is 466 g/mol. The Morgan fingerprint density at radius 1 is 0.743 bits per heavy atom. The summed E-state index contributed by atoms with van der Waals surface area (Å²) in [5.41, 5.74) is 9.27. The minimum atomic E-state index is -0.0813. The standard InChI is InChI=1S/C32H22N2S/c1-32(2)23-12-6-3-9-20(23)26-27-21-10-4-7-13-24(21)34(19-15-17-33-18-16-19)30(27)31-28(29(26)32)22-11-5-8-14-25(22)35-31/h3-18H,1-2H3. The van der Waals surface area contributed by atoms with Crippen molar-refractivity contribution in [3.05, 3.63) is 108 Å². The maximum atomic E-state index is 4.31. The largest absolute Gasteiger partial charge is 0.308 e.